The molecular formula is C17H26N2O3. The molecule has 0 heterocycles. The van der Waals surface area contributed by atoms with Gasteiger partial charge < -0.3 is 15.0 Å². The van der Waals surface area contributed by atoms with Crippen LogP contribution in [0.25, 0.3) is 0 Å². The van der Waals surface area contributed by atoms with E-state index in [-0.39, 0.29) is 5.91 Å². The van der Waals surface area contributed by atoms with Crippen molar-refractivity contribution < 1.29 is 14.3 Å². The summed E-state index contributed by atoms with van der Waals surface area (Å²) in [6.45, 7) is 5.90. The number of amides is 1. The van der Waals surface area contributed by atoms with Crippen molar-refractivity contribution in [2.75, 3.05) is 32.1 Å². The number of unbranched alkanes of at least 4 members (excludes halogenated alkanes) is 1. The summed E-state index contributed by atoms with van der Waals surface area (Å²) < 4.78 is 4.99. The summed E-state index contributed by atoms with van der Waals surface area (Å²) in [4.78, 5) is 26.0. The van der Waals surface area contributed by atoms with Crippen LogP contribution in [0.3, 0.4) is 0 Å². The van der Waals surface area contributed by atoms with Crippen molar-refractivity contribution >= 4 is 17.6 Å². The van der Waals surface area contributed by atoms with Gasteiger partial charge in [-0.2, -0.15) is 0 Å². The van der Waals surface area contributed by atoms with Gasteiger partial charge in [0.25, 0.3) is 0 Å². The van der Waals surface area contributed by atoms with Gasteiger partial charge in [-0.05, 0) is 39.1 Å². The Bertz CT molecular complexity index is 489. The Morgan fingerprint density at radius 3 is 2.59 bits per heavy atom. The van der Waals surface area contributed by atoms with Crippen LogP contribution in [-0.4, -0.2) is 43.5 Å². The molecule has 0 aliphatic rings. The number of carbonyl (C=O) groups excluding carboxylic acids is 2. The summed E-state index contributed by atoms with van der Waals surface area (Å²) in [7, 11) is 2.01. The highest BCUT2D eigenvalue weighted by atomic mass is 16.5. The molecule has 5 heteroatoms. The van der Waals surface area contributed by atoms with Gasteiger partial charge >= 0.3 is 5.97 Å². The minimum atomic E-state index is -0.418. The number of hydrogen-bond donors (Lipinski definition) is 1. The molecule has 0 radical (unpaired) electrons. The topological polar surface area (TPSA) is 58.6 Å². The van der Waals surface area contributed by atoms with Crippen LogP contribution in [-0.2, 0) is 9.53 Å². The Labute approximate surface area is 132 Å². The van der Waals surface area contributed by atoms with Crippen LogP contribution in [0.5, 0.6) is 0 Å². The molecule has 122 valence electrons. The Kier molecular flexibility index (Phi) is 8.22. The number of benzene rings is 1. The lowest BCUT2D eigenvalue weighted by Gasteiger charge is -2.16. The zero-order valence-corrected chi connectivity index (χ0v) is 13.7. The normalized spacial score (nSPS) is 10.5. The molecule has 0 aliphatic heterocycles. The van der Waals surface area contributed by atoms with Crippen LogP contribution in [0.15, 0.2) is 24.3 Å². The van der Waals surface area contributed by atoms with E-state index in [1.54, 1.807) is 31.2 Å². The molecule has 0 aromatic heterocycles. The van der Waals surface area contributed by atoms with Gasteiger partial charge in [0.1, 0.15) is 0 Å². The van der Waals surface area contributed by atoms with E-state index >= 15 is 0 Å². The van der Waals surface area contributed by atoms with E-state index in [4.69, 9.17) is 4.74 Å². The van der Waals surface area contributed by atoms with E-state index < -0.39 is 5.97 Å². The fraction of sp³-hybridized carbons (Fsp3) is 0.529. The highest BCUT2D eigenvalue weighted by Gasteiger charge is 2.14. The van der Waals surface area contributed by atoms with Crippen LogP contribution >= 0.6 is 0 Å². The van der Waals surface area contributed by atoms with Crippen molar-refractivity contribution in [3.63, 3.8) is 0 Å². The number of rotatable bonds is 9. The number of carbonyl (C=O) groups is 2. The van der Waals surface area contributed by atoms with E-state index in [0.29, 0.717) is 30.8 Å². The molecule has 0 fully saturated rings. The first-order chi connectivity index (χ1) is 10.6. The predicted octanol–water partition coefficient (Wildman–Crippen LogP) is 2.92. The fourth-order valence-electron chi connectivity index (χ4n) is 2.02. The SMILES string of the molecule is CCCCN(C)CCC(=O)Nc1ccccc1C(=O)OCC. The van der Waals surface area contributed by atoms with Crippen molar-refractivity contribution in [1.29, 1.82) is 0 Å². The predicted molar refractivity (Wildman–Crippen MR) is 88.1 cm³/mol. The molecule has 0 spiro atoms. The van der Waals surface area contributed by atoms with Crippen LogP contribution < -0.4 is 5.32 Å². The van der Waals surface area contributed by atoms with Gasteiger partial charge in [-0.25, -0.2) is 4.79 Å². The molecule has 0 bridgehead atoms. The molecule has 0 saturated heterocycles. The molecule has 0 aliphatic carbocycles. The zero-order chi connectivity index (χ0) is 16.4. The van der Waals surface area contributed by atoms with Crippen LogP contribution in [0, 0.1) is 0 Å². The second-order valence-electron chi connectivity index (χ2n) is 5.22. The molecule has 1 N–H and O–H groups in total. The summed E-state index contributed by atoms with van der Waals surface area (Å²) in [5.74, 6) is -0.515. The average molecular weight is 306 g/mol. The molecule has 0 atom stereocenters. The van der Waals surface area contributed by atoms with E-state index in [2.05, 4.69) is 17.1 Å². The molecule has 1 aromatic carbocycles. The maximum atomic E-state index is 12.0. The van der Waals surface area contributed by atoms with Crippen molar-refractivity contribution in [1.82, 2.24) is 4.90 Å². The van der Waals surface area contributed by atoms with Gasteiger partial charge in [-0.1, -0.05) is 25.5 Å². The molecule has 1 rings (SSSR count). The largest absolute Gasteiger partial charge is 0.462 e. The molecule has 1 amide bonds. The summed E-state index contributed by atoms with van der Waals surface area (Å²) in [5, 5.41) is 2.79. The highest BCUT2D eigenvalue weighted by molar-refractivity contribution is 6.01. The lowest BCUT2D eigenvalue weighted by Crippen LogP contribution is -2.25. The lowest BCUT2D eigenvalue weighted by atomic mass is 10.1. The van der Waals surface area contributed by atoms with Gasteiger partial charge in [0.15, 0.2) is 0 Å². The standard InChI is InChI=1S/C17H26N2O3/c1-4-6-12-19(3)13-11-16(20)18-15-10-8-7-9-14(15)17(21)22-5-2/h7-10H,4-6,11-13H2,1-3H3,(H,18,20). The highest BCUT2D eigenvalue weighted by Crippen LogP contribution is 2.16. The lowest BCUT2D eigenvalue weighted by molar-refractivity contribution is -0.116. The van der Waals surface area contributed by atoms with E-state index in [0.717, 1.165) is 19.4 Å². The monoisotopic (exact) mass is 306 g/mol. The summed E-state index contributed by atoms with van der Waals surface area (Å²) >= 11 is 0. The first kappa shape index (κ1) is 18.2. The molecule has 0 saturated carbocycles. The van der Waals surface area contributed by atoms with Crippen molar-refractivity contribution in [2.24, 2.45) is 0 Å². The number of hydrogen-bond acceptors (Lipinski definition) is 4. The second kappa shape index (κ2) is 9.95. The average Bonchev–Trinajstić information content (AvgIpc) is 2.51. The molecule has 0 unspecified atom stereocenters. The fourth-order valence-corrected chi connectivity index (χ4v) is 2.02. The Morgan fingerprint density at radius 2 is 1.91 bits per heavy atom. The smallest absolute Gasteiger partial charge is 0.340 e. The molecular weight excluding hydrogens is 280 g/mol. The number of para-hydroxylation sites is 1. The summed E-state index contributed by atoms with van der Waals surface area (Å²) in [6, 6.07) is 6.90. The van der Waals surface area contributed by atoms with Gasteiger partial charge in [-0.3, -0.25) is 4.79 Å². The molecule has 5 nitrogen and oxygen atoms in total. The molecule has 1 aromatic rings. The van der Waals surface area contributed by atoms with Crippen molar-refractivity contribution in [3.05, 3.63) is 29.8 Å². The first-order valence-electron chi connectivity index (χ1n) is 7.83. The second-order valence-corrected chi connectivity index (χ2v) is 5.22. The van der Waals surface area contributed by atoms with Crippen molar-refractivity contribution in [2.45, 2.75) is 33.1 Å². The minimum absolute atomic E-state index is 0.0971. The number of nitrogens with zero attached hydrogens (tertiary/aromatic N) is 1. The van der Waals surface area contributed by atoms with Gasteiger partial charge in [0.2, 0.25) is 5.91 Å². The third kappa shape index (κ3) is 6.26. The number of esters is 1. The number of ether oxygens (including phenoxy) is 1. The van der Waals surface area contributed by atoms with E-state index in [1.165, 1.54) is 0 Å². The summed E-state index contributed by atoms with van der Waals surface area (Å²) in [5.41, 5.74) is 0.888. The van der Waals surface area contributed by atoms with Gasteiger partial charge in [-0.15, -0.1) is 0 Å². The Morgan fingerprint density at radius 1 is 1.18 bits per heavy atom. The Balaban J connectivity index is 2.56. The zero-order valence-electron chi connectivity index (χ0n) is 13.7. The van der Waals surface area contributed by atoms with E-state index in [9.17, 15) is 9.59 Å². The quantitative estimate of drug-likeness (QED) is 0.713. The van der Waals surface area contributed by atoms with Crippen LogP contribution in [0.2, 0.25) is 0 Å². The van der Waals surface area contributed by atoms with E-state index in [1.807, 2.05) is 7.05 Å². The molecule has 22 heavy (non-hydrogen) atoms. The van der Waals surface area contributed by atoms with Crippen LogP contribution in [0.1, 0.15) is 43.5 Å². The first-order valence-corrected chi connectivity index (χ1v) is 7.83. The number of anilines is 1. The van der Waals surface area contributed by atoms with Crippen molar-refractivity contribution in [3.8, 4) is 0 Å². The maximum Gasteiger partial charge on any atom is 0.340 e. The Hall–Kier alpha value is -1.88. The van der Waals surface area contributed by atoms with Crippen LogP contribution in [0.4, 0.5) is 5.69 Å². The van der Waals surface area contributed by atoms with Gasteiger partial charge in [0.05, 0.1) is 17.9 Å². The maximum absolute atomic E-state index is 12.0. The number of nitrogens with one attached hydrogen (secondary N) is 1. The van der Waals surface area contributed by atoms with Gasteiger partial charge in [0, 0.05) is 13.0 Å². The third-order valence-electron chi connectivity index (χ3n) is 3.31. The third-order valence-corrected chi connectivity index (χ3v) is 3.31. The summed E-state index contributed by atoms with van der Waals surface area (Å²) in [6.07, 6.45) is 2.67. The minimum Gasteiger partial charge on any atom is -0.462 e.